The molecule has 1 aromatic carbocycles. The van der Waals surface area contributed by atoms with E-state index in [0.29, 0.717) is 11.4 Å². The van der Waals surface area contributed by atoms with Crippen molar-refractivity contribution in [3.63, 3.8) is 0 Å². The predicted molar refractivity (Wildman–Crippen MR) is 76.8 cm³/mol. The van der Waals surface area contributed by atoms with Gasteiger partial charge < -0.3 is 10.4 Å². The van der Waals surface area contributed by atoms with Crippen molar-refractivity contribution in [2.24, 2.45) is 5.92 Å². The predicted octanol–water partition coefficient (Wildman–Crippen LogP) is 2.81. The molecule has 1 aromatic rings. The first kappa shape index (κ1) is 14.9. The molecule has 0 aliphatic carbocycles. The van der Waals surface area contributed by atoms with Gasteiger partial charge in [0.15, 0.2) is 0 Å². The fourth-order valence-electron chi connectivity index (χ4n) is 2.86. The molecule has 4 nitrogen and oxygen atoms in total. The molecule has 1 aliphatic heterocycles. The topological polar surface area (TPSA) is 66.4 Å². The molecule has 0 unspecified atom stereocenters. The highest BCUT2D eigenvalue weighted by molar-refractivity contribution is 6.30. The van der Waals surface area contributed by atoms with Gasteiger partial charge in [-0.3, -0.25) is 9.59 Å². The first-order valence-electron chi connectivity index (χ1n) is 6.79. The van der Waals surface area contributed by atoms with Crippen LogP contribution in [0.4, 0.5) is 0 Å². The standard InChI is InChI=1S/C15H18ClNO3/c1-2-13-12(9-4-3-5-11(16)6-9)7-10(8-14(18)19)15(20)17-13/h3-6,10,12-13H,2,7-8H2,1H3,(H,17,20)(H,18,19)/t10-,12-,13+/m1/s1. The Bertz CT molecular complexity index is 518. The molecule has 2 rings (SSSR count). The zero-order valence-corrected chi connectivity index (χ0v) is 12.1. The largest absolute Gasteiger partial charge is 0.481 e. The van der Waals surface area contributed by atoms with E-state index in [0.717, 1.165) is 12.0 Å². The van der Waals surface area contributed by atoms with E-state index in [1.54, 1.807) is 0 Å². The normalized spacial score (nSPS) is 26.1. The van der Waals surface area contributed by atoms with E-state index >= 15 is 0 Å². The van der Waals surface area contributed by atoms with Crippen LogP contribution >= 0.6 is 11.6 Å². The lowest BCUT2D eigenvalue weighted by atomic mass is 9.78. The maximum Gasteiger partial charge on any atom is 0.304 e. The summed E-state index contributed by atoms with van der Waals surface area (Å²) in [4.78, 5) is 22.8. The zero-order valence-electron chi connectivity index (χ0n) is 11.3. The number of hydrogen-bond acceptors (Lipinski definition) is 2. The van der Waals surface area contributed by atoms with Crippen molar-refractivity contribution in [1.29, 1.82) is 0 Å². The van der Waals surface area contributed by atoms with Gasteiger partial charge in [-0.2, -0.15) is 0 Å². The van der Waals surface area contributed by atoms with E-state index in [4.69, 9.17) is 16.7 Å². The van der Waals surface area contributed by atoms with Crippen molar-refractivity contribution in [3.05, 3.63) is 34.9 Å². The van der Waals surface area contributed by atoms with Crippen LogP contribution in [0.1, 0.15) is 37.7 Å². The number of halogens is 1. The average Bonchev–Trinajstić information content (AvgIpc) is 2.40. The average molecular weight is 296 g/mol. The Morgan fingerprint density at radius 3 is 2.85 bits per heavy atom. The molecule has 0 radical (unpaired) electrons. The van der Waals surface area contributed by atoms with Gasteiger partial charge in [0.05, 0.1) is 6.42 Å². The van der Waals surface area contributed by atoms with E-state index in [9.17, 15) is 9.59 Å². The van der Waals surface area contributed by atoms with Crippen molar-refractivity contribution >= 4 is 23.5 Å². The van der Waals surface area contributed by atoms with E-state index in [-0.39, 0.29) is 24.3 Å². The summed E-state index contributed by atoms with van der Waals surface area (Å²) in [5, 5.41) is 12.5. The van der Waals surface area contributed by atoms with Gasteiger partial charge in [-0.25, -0.2) is 0 Å². The molecule has 1 aliphatic rings. The number of carboxylic acids is 1. The summed E-state index contributed by atoms with van der Waals surface area (Å²) < 4.78 is 0. The van der Waals surface area contributed by atoms with E-state index in [1.165, 1.54) is 0 Å². The molecule has 0 bridgehead atoms. The molecule has 5 heteroatoms. The minimum absolute atomic E-state index is 0.0333. The summed E-state index contributed by atoms with van der Waals surface area (Å²) in [7, 11) is 0. The smallest absolute Gasteiger partial charge is 0.304 e. The Morgan fingerprint density at radius 2 is 2.25 bits per heavy atom. The molecule has 1 heterocycles. The minimum atomic E-state index is -0.940. The molecule has 1 amide bonds. The van der Waals surface area contributed by atoms with E-state index < -0.39 is 11.9 Å². The van der Waals surface area contributed by atoms with Crippen LogP contribution in [-0.4, -0.2) is 23.0 Å². The maximum atomic E-state index is 11.9. The van der Waals surface area contributed by atoms with Gasteiger partial charge in [-0.15, -0.1) is 0 Å². The van der Waals surface area contributed by atoms with Gasteiger partial charge in [0.2, 0.25) is 5.91 Å². The molecule has 20 heavy (non-hydrogen) atoms. The lowest BCUT2D eigenvalue weighted by Crippen LogP contribution is -2.48. The number of benzene rings is 1. The van der Waals surface area contributed by atoms with Crippen LogP contribution in [-0.2, 0) is 9.59 Å². The van der Waals surface area contributed by atoms with Crippen LogP contribution in [0.5, 0.6) is 0 Å². The minimum Gasteiger partial charge on any atom is -0.481 e. The SMILES string of the molecule is CC[C@@H]1NC(=O)[C@@H](CC(=O)O)C[C@@H]1c1cccc(Cl)c1. The molecular formula is C15H18ClNO3. The molecule has 3 atom stereocenters. The Hall–Kier alpha value is -1.55. The number of carbonyl (C=O) groups is 2. The third-order valence-corrected chi connectivity index (χ3v) is 4.10. The van der Waals surface area contributed by atoms with Gasteiger partial charge in [0.1, 0.15) is 0 Å². The van der Waals surface area contributed by atoms with Crippen molar-refractivity contribution in [2.75, 3.05) is 0 Å². The molecule has 0 saturated carbocycles. The molecule has 2 N–H and O–H groups in total. The highest BCUT2D eigenvalue weighted by Crippen LogP contribution is 2.35. The quantitative estimate of drug-likeness (QED) is 0.897. The number of rotatable bonds is 4. The van der Waals surface area contributed by atoms with Gasteiger partial charge in [0, 0.05) is 22.9 Å². The summed E-state index contributed by atoms with van der Waals surface area (Å²) in [5.41, 5.74) is 1.06. The molecular weight excluding hydrogens is 278 g/mol. The summed E-state index contributed by atoms with van der Waals surface area (Å²) in [5.74, 6) is -1.46. The third-order valence-electron chi connectivity index (χ3n) is 3.86. The molecule has 0 aromatic heterocycles. The van der Waals surface area contributed by atoms with Crippen LogP contribution < -0.4 is 5.32 Å². The summed E-state index contributed by atoms with van der Waals surface area (Å²) in [6.45, 7) is 2.01. The number of aliphatic carboxylic acids is 1. The summed E-state index contributed by atoms with van der Waals surface area (Å²) >= 11 is 6.02. The first-order valence-corrected chi connectivity index (χ1v) is 7.16. The van der Waals surface area contributed by atoms with Gasteiger partial charge in [-0.1, -0.05) is 30.7 Å². The first-order chi connectivity index (χ1) is 9.51. The lowest BCUT2D eigenvalue weighted by Gasteiger charge is -2.36. The van der Waals surface area contributed by atoms with Crippen LogP contribution in [0, 0.1) is 5.92 Å². The molecule has 108 valence electrons. The van der Waals surface area contributed by atoms with Gasteiger partial charge in [-0.05, 0) is 30.5 Å². The van der Waals surface area contributed by atoms with Crippen LogP contribution in [0.2, 0.25) is 5.02 Å². The Balaban J connectivity index is 2.24. The number of amides is 1. The lowest BCUT2D eigenvalue weighted by molar-refractivity contribution is -0.142. The third kappa shape index (κ3) is 3.31. The monoisotopic (exact) mass is 295 g/mol. The maximum absolute atomic E-state index is 11.9. The fourth-order valence-corrected chi connectivity index (χ4v) is 3.06. The van der Waals surface area contributed by atoms with Crippen molar-refractivity contribution in [2.45, 2.75) is 38.1 Å². The number of piperidine rings is 1. The number of nitrogens with one attached hydrogen (secondary N) is 1. The number of carbonyl (C=O) groups excluding carboxylic acids is 1. The zero-order chi connectivity index (χ0) is 14.7. The van der Waals surface area contributed by atoms with Gasteiger partial charge >= 0.3 is 5.97 Å². The molecule has 0 spiro atoms. The summed E-state index contributed by atoms with van der Waals surface area (Å²) in [6.07, 6.45) is 1.24. The second-order valence-electron chi connectivity index (χ2n) is 5.22. The van der Waals surface area contributed by atoms with Crippen LogP contribution in [0.15, 0.2) is 24.3 Å². The molecule has 1 fully saturated rings. The van der Waals surface area contributed by atoms with Crippen LogP contribution in [0.25, 0.3) is 0 Å². The highest BCUT2D eigenvalue weighted by Gasteiger charge is 2.36. The Morgan fingerprint density at radius 1 is 1.50 bits per heavy atom. The Labute approximate surface area is 123 Å². The van der Waals surface area contributed by atoms with Crippen molar-refractivity contribution in [3.8, 4) is 0 Å². The van der Waals surface area contributed by atoms with E-state index in [1.807, 2.05) is 31.2 Å². The second-order valence-corrected chi connectivity index (χ2v) is 5.65. The van der Waals surface area contributed by atoms with Gasteiger partial charge in [0.25, 0.3) is 0 Å². The molecule has 1 saturated heterocycles. The number of carboxylic acid groups (broad SMARTS) is 1. The van der Waals surface area contributed by atoms with Crippen molar-refractivity contribution < 1.29 is 14.7 Å². The highest BCUT2D eigenvalue weighted by atomic mass is 35.5. The summed E-state index contributed by atoms with van der Waals surface area (Å²) in [6, 6.07) is 7.60. The second kappa shape index (κ2) is 6.27. The van der Waals surface area contributed by atoms with E-state index in [2.05, 4.69) is 5.32 Å². The number of hydrogen-bond donors (Lipinski definition) is 2. The Kier molecular flexibility index (Phi) is 4.65. The fraction of sp³-hybridized carbons (Fsp3) is 0.467. The van der Waals surface area contributed by atoms with Crippen molar-refractivity contribution in [1.82, 2.24) is 5.32 Å². The van der Waals surface area contributed by atoms with Crippen LogP contribution in [0.3, 0.4) is 0 Å².